The molecule has 16 rings (SSSR count). The quantitative estimate of drug-likeness (QED) is 0.167. The van der Waals surface area contributed by atoms with E-state index >= 15 is 0 Å². The molecule has 344 valence electrons. The highest BCUT2D eigenvalue weighted by molar-refractivity contribution is 5.97. The lowest BCUT2D eigenvalue weighted by molar-refractivity contribution is -0.00493. The maximum Gasteiger partial charge on any atom is 0.160 e. The Morgan fingerprint density at radius 3 is 1.73 bits per heavy atom. The van der Waals surface area contributed by atoms with Crippen molar-refractivity contribution in [2.45, 2.75) is 100 Å². The summed E-state index contributed by atoms with van der Waals surface area (Å²) in [5.41, 5.74) is 18.7. The Hall–Kier alpha value is -6.58. The SMILES string of the molecule is C[C@@H]1C[C@H]2CCCC(c3cc(-c4ccccc4C45CC6C[C@H](C4)C[C@H](C6)C5)nc(-c4cccc(-c5cccc(-c6cccc7c6-c6ccccc6C76c7ccccc7Oc7ccccc76)c5)c4)n3)(C1)C2. The third-order valence-electron chi connectivity index (χ3n) is 19.0. The summed E-state index contributed by atoms with van der Waals surface area (Å²) in [7, 11) is 0. The average Bonchev–Trinajstić information content (AvgIpc) is 3.70. The first-order valence-corrected chi connectivity index (χ1v) is 26.7. The predicted octanol–water partition coefficient (Wildman–Crippen LogP) is 16.9. The van der Waals surface area contributed by atoms with Crippen molar-refractivity contribution < 1.29 is 4.74 Å². The second kappa shape index (κ2) is 15.5. The van der Waals surface area contributed by atoms with Gasteiger partial charge in [-0.2, -0.15) is 0 Å². The molecule has 8 aromatic rings. The van der Waals surface area contributed by atoms with Gasteiger partial charge in [-0.25, -0.2) is 9.97 Å². The Kier molecular flexibility index (Phi) is 9.10. The molecule has 7 aliphatic carbocycles. The topological polar surface area (TPSA) is 35.0 Å². The molecule has 1 aliphatic heterocycles. The van der Waals surface area contributed by atoms with Crippen molar-refractivity contribution in [3.05, 3.63) is 203 Å². The molecule has 1 spiro atoms. The zero-order valence-electron chi connectivity index (χ0n) is 40.3. The molecule has 6 fully saturated rings. The van der Waals surface area contributed by atoms with Gasteiger partial charge in [0, 0.05) is 27.7 Å². The van der Waals surface area contributed by atoms with E-state index in [2.05, 4.69) is 177 Å². The number of benzene rings is 7. The van der Waals surface area contributed by atoms with Gasteiger partial charge in [0.05, 0.1) is 16.8 Å². The first-order valence-electron chi connectivity index (χ1n) is 26.7. The molecule has 8 aliphatic rings. The van der Waals surface area contributed by atoms with Crippen molar-refractivity contribution in [2.24, 2.45) is 29.6 Å². The summed E-state index contributed by atoms with van der Waals surface area (Å²) in [6, 6.07) is 63.6. The Morgan fingerprint density at radius 1 is 0.443 bits per heavy atom. The van der Waals surface area contributed by atoms with Crippen LogP contribution in [0.15, 0.2) is 170 Å². The van der Waals surface area contributed by atoms with Gasteiger partial charge in [0.2, 0.25) is 0 Å². The van der Waals surface area contributed by atoms with E-state index < -0.39 is 5.41 Å². The van der Waals surface area contributed by atoms with E-state index in [1.165, 1.54) is 144 Å². The molecule has 6 bridgehead atoms. The highest BCUT2D eigenvalue weighted by Crippen LogP contribution is 2.64. The molecule has 70 heavy (non-hydrogen) atoms. The first kappa shape index (κ1) is 41.2. The molecule has 3 heteroatoms. The first-order chi connectivity index (χ1) is 34.4. The van der Waals surface area contributed by atoms with Crippen molar-refractivity contribution >= 4 is 0 Å². The molecular weight excluding hydrogens is 849 g/mol. The maximum atomic E-state index is 6.64. The number of rotatable bonds is 6. The van der Waals surface area contributed by atoms with Crippen LogP contribution < -0.4 is 4.74 Å². The highest BCUT2D eigenvalue weighted by Gasteiger charge is 2.54. The lowest BCUT2D eigenvalue weighted by Crippen LogP contribution is -2.48. The largest absolute Gasteiger partial charge is 0.457 e. The second-order valence-corrected chi connectivity index (χ2v) is 23.3. The molecular formula is C67H60N2O. The third kappa shape index (κ3) is 6.12. The molecule has 0 N–H and O–H groups in total. The van der Waals surface area contributed by atoms with Gasteiger partial charge < -0.3 is 4.74 Å². The van der Waals surface area contributed by atoms with Crippen LogP contribution in [0.3, 0.4) is 0 Å². The molecule has 1 unspecified atom stereocenters. The minimum Gasteiger partial charge on any atom is -0.457 e. The zero-order valence-corrected chi connectivity index (χ0v) is 40.3. The van der Waals surface area contributed by atoms with Crippen LogP contribution >= 0.6 is 0 Å². The average molecular weight is 909 g/mol. The van der Waals surface area contributed by atoms with Gasteiger partial charge in [0.15, 0.2) is 5.82 Å². The second-order valence-electron chi connectivity index (χ2n) is 23.3. The van der Waals surface area contributed by atoms with E-state index in [4.69, 9.17) is 14.7 Å². The van der Waals surface area contributed by atoms with Crippen molar-refractivity contribution in [3.63, 3.8) is 0 Å². The van der Waals surface area contributed by atoms with E-state index in [0.29, 0.717) is 5.92 Å². The molecule has 0 amide bonds. The normalized spacial score (nSPS) is 27.0. The van der Waals surface area contributed by atoms with Crippen LogP contribution in [0.25, 0.3) is 56.0 Å². The van der Waals surface area contributed by atoms with Crippen molar-refractivity contribution in [1.29, 1.82) is 0 Å². The lowest BCUT2D eigenvalue weighted by atomic mass is 9.47. The van der Waals surface area contributed by atoms with Crippen LogP contribution in [-0.2, 0) is 16.2 Å². The Morgan fingerprint density at radius 2 is 1.00 bits per heavy atom. The van der Waals surface area contributed by atoms with Crippen LogP contribution in [-0.4, -0.2) is 9.97 Å². The minimum absolute atomic E-state index is 0.108. The van der Waals surface area contributed by atoms with Crippen LogP contribution in [0.2, 0.25) is 0 Å². The zero-order chi connectivity index (χ0) is 46.2. The molecule has 1 aromatic heterocycles. The number of ether oxygens (including phenoxy) is 1. The lowest BCUT2D eigenvalue weighted by Gasteiger charge is -2.57. The number of hydrogen-bond acceptors (Lipinski definition) is 3. The number of aromatic nitrogens is 2. The minimum atomic E-state index is -0.504. The summed E-state index contributed by atoms with van der Waals surface area (Å²) in [5, 5.41) is 0. The van der Waals surface area contributed by atoms with E-state index in [1.807, 2.05) is 0 Å². The summed E-state index contributed by atoms with van der Waals surface area (Å²) in [6.45, 7) is 2.50. The van der Waals surface area contributed by atoms with Crippen molar-refractivity contribution in [1.82, 2.24) is 9.97 Å². The van der Waals surface area contributed by atoms with Crippen LogP contribution in [0.4, 0.5) is 0 Å². The highest BCUT2D eigenvalue weighted by atomic mass is 16.5. The van der Waals surface area contributed by atoms with E-state index in [9.17, 15) is 0 Å². The summed E-state index contributed by atoms with van der Waals surface area (Å²) >= 11 is 0. The van der Waals surface area contributed by atoms with Crippen LogP contribution in [0.1, 0.15) is 117 Å². The summed E-state index contributed by atoms with van der Waals surface area (Å²) in [5.74, 6) is 6.87. The fourth-order valence-corrected chi connectivity index (χ4v) is 17.0. The molecule has 0 radical (unpaired) electrons. The molecule has 6 saturated carbocycles. The summed E-state index contributed by atoms with van der Waals surface area (Å²) in [4.78, 5) is 11.4. The van der Waals surface area contributed by atoms with Gasteiger partial charge >= 0.3 is 0 Å². The fraction of sp³-hybridized carbons (Fsp3) is 0.313. The van der Waals surface area contributed by atoms with E-state index in [0.717, 1.165) is 52.3 Å². The Labute approximate surface area is 413 Å². The number of para-hydroxylation sites is 2. The molecule has 3 atom stereocenters. The van der Waals surface area contributed by atoms with Gasteiger partial charge in [0.25, 0.3) is 0 Å². The molecule has 3 nitrogen and oxygen atoms in total. The Balaban J connectivity index is 0.859. The molecule has 7 aromatic carbocycles. The van der Waals surface area contributed by atoms with Gasteiger partial charge in [-0.1, -0.05) is 159 Å². The van der Waals surface area contributed by atoms with Crippen LogP contribution in [0, 0.1) is 29.6 Å². The number of hydrogen-bond donors (Lipinski definition) is 0. The van der Waals surface area contributed by atoms with E-state index in [1.54, 1.807) is 5.56 Å². The van der Waals surface area contributed by atoms with Crippen molar-refractivity contribution in [3.8, 4) is 67.5 Å². The third-order valence-corrected chi connectivity index (χ3v) is 19.0. The molecule has 0 saturated heterocycles. The van der Waals surface area contributed by atoms with Gasteiger partial charge in [-0.05, 0) is 180 Å². The smallest absolute Gasteiger partial charge is 0.160 e. The predicted molar refractivity (Wildman–Crippen MR) is 283 cm³/mol. The summed E-state index contributed by atoms with van der Waals surface area (Å²) < 4.78 is 6.64. The Bertz CT molecular complexity index is 3330. The standard InChI is InChI=1S/C67H60N2O/c1-42-30-43-14-13-29-65(37-42,38-43)62-36-59(52-19-2-4-22-54(52)66-39-44-31-45(40-66)33-46(32-44)41-66)68-64(69-62)50-18-11-16-48(35-50)47-15-10-17-49(34-47)51-21-12-26-58-63(51)53-20-3-5-23-55(53)67(58)56-24-6-8-27-60(56)70-61-28-9-7-25-57(61)67/h2-12,15-28,34-36,42-46H,13-14,29-33,37-41H2,1H3/t42-,43-,44-,45-,46?,65?,66?/m1/s1. The molecule has 2 heterocycles. The van der Waals surface area contributed by atoms with Gasteiger partial charge in [-0.15, -0.1) is 0 Å². The number of nitrogens with zero attached hydrogens (tertiary/aromatic N) is 2. The maximum absolute atomic E-state index is 6.64. The van der Waals surface area contributed by atoms with E-state index in [-0.39, 0.29) is 10.8 Å². The van der Waals surface area contributed by atoms with Gasteiger partial charge in [0.1, 0.15) is 11.5 Å². The van der Waals surface area contributed by atoms with Crippen molar-refractivity contribution in [2.75, 3.05) is 0 Å². The fourth-order valence-electron chi connectivity index (χ4n) is 17.0. The monoisotopic (exact) mass is 908 g/mol. The van der Waals surface area contributed by atoms with Crippen LogP contribution in [0.5, 0.6) is 11.5 Å². The summed E-state index contributed by atoms with van der Waals surface area (Å²) in [6.07, 6.45) is 16.1. The number of fused-ring (bicyclic) bond motifs is 11. The van der Waals surface area contributed by atoms with Gasteiger partial charge in [-0.3, -0.25) is 0 Å².